The number of sulfonamides is 1. The van der Waals surface area contributed by atoms with Gasteiger partial charge in [0.05, 0.1) is 48.1 Å². The van der Waals surface area contributed by atoms with Gasteiger partial charge in [-0.15, -0.1) is 0 Å². The van der Waals surface area contributed by atoms with E-state index in [4.69, 9.17) is 33.2 Å². The summed E-state index contributed by atoms with van der Waals surface area (Å²) in [5.74, 6) is -0.0999. The quantitative estimate of drug-likeness (QED) is 0.0467. The molecule has 476 valence electrons. The van der Waals surface area contributed by atoms with Crippen LogP contribution in [-0.4, -0.2) is 123 Å². The lowest BCUT2D eigenvalue weighted by Gasteiger charge is -2.37. The first-order valence-electron chi connectivity index (χ1n) is 30.3. The molecule has 0 spiro atoms. The molecule has 0 atom stereocenters. The average Bonchev–Trinajstić information content (AvgIpc) is 0.796. The number of hydrogen-bond acceptors (Lipinski definition) is 14. The van der Waals surface area contributed by atoms with Crippen LogP contribution in [0.4, 0.5) is 16.2 Å². The number of amides is 3. The van der Waals surface area contributed by atoms with E-state index in [-0.39, 0.29) is 72.6 Å². The number of anilines is 2. The molecule has 3 amide bonds. The second-order valence-corrected chi connectivity index (χ2v) is 27.3. The van der Waals surface area contributed by atoms with Gasteiger partial charge in [0.2, 0.25) is 15.5 Å². The second-order valence-electron chi connectivity index (χ2n) is 25.3. The minimum Gasteiger partial charge on any atom is -0.491 e. The van der Waals surface area contributed by atoms with Gasteiger partial charge >= 0.3 is 12.1 Å². The maximum Gasteiger partial charge on any atom is 0.416 e. The van der Waals surface area contributed by atoms with Gasteiger partial charge in [-0.3, -0.25) is 24.1 Å². The SMILES string of the molecule is CC(C)(C)OC(=O)CN1CN(C(=O)OC(C)(C)C)c2cc(S(=O)(=O)N3CCC(c4ccc(OCCOCCOCCOc5cc(C(C)(C)C)c(NC(=O)c6cn(Cc7ccccc7)c7ccccc7c6=O)cc5OCc5ccccc5)cc4)CC3)ccc2C1=O. The molecule has 19 nitrogen and oxygen atoms in total. The molecule has 0 aliphatic carbocycles. The zero-order valence-electron chi connectivity index (χ0n) is 52.7. The van der Waals surface area contributed by atoms with Crippen molar-refractivity contribution in [3.8, 4) is 17.2 Å². The van der Waals surface area contributed by atoms with E-state index in [0.29, 0.717) is 74.1 Å². The van der Waals surface area contributed by atoms with Gasteiger partial charge in [0.25, 0.3) is 11.8 Å². The normalized spacial score (nSPS) is 14.3. The fourth-order valence-corrected chi connectivity index (χ4v) is 12.2. The lowest BCUT2D eigenvalue weighted by Crippen LogP contribution is -2.52. The number of pyridine rings is 1. The van der Waals surface area contributed by atoms with Crippen molar-refractivity contribution in [2.24, 2.45) is 0 Å². The largest absolute Gasteiger partial charge is 0.491 e. The fraction of sp³-hybridized carbons (Fsp3) is 0.386. The zero-order chi connectivity index (χ0) is 64.4. The molecule has 2 aliphatic heterocycles. The van der Waals surface area contributed by atoms with Crippen molar-refractivity contribution >= 4 is 56.2 Å². The molecule has 9 rings (SSSR count). The Morgan fingerprint density at radius 3 is 1.88 bits per heavy atom. The van der Waals surface area contributed by atoms with Crippen LogP contribution in [0.5, 0.6) is 17.2 Å². The average molecular weight is 1250 g/mol. The maximum atomic E-state index is 14.3. The molecule has 2 aliphatic rings. The molecule has 0 bridgehead atoms. The Hall–Kier alpha value is -8.56. The molecule has 7 aromatic rings. The van der Waals surface area contributed by atoms with Gasteiger partial charge in [-0.2, -0.15) is 4.31 Å². The van der Waals surface area contributed by atoms with E-state index < -0.39 is 57.1 Å². The van der Waals surface area contributed by atoms with Crippen LogP contribution in [0.1, 0.15) is 124 Å². The van der Waals surface area contributed by atoms with Crippen molar-refractivity contribution < 1.29 is 60.8 Å². The number of esters is 1. The molecule has 1 aromatic heterocycles. The highest BCUT2D eigenvalue weighted by molar-refractivity contribution is 7.89. The van der Waals surface area contributed by atoms with Crippen molar-refractivity contribution in [2.45, 2.75) is 116 Å². The Morgan fingerprint density at radius 2 is 1.23 bits per heavy atom. The van der Waals surface area contributed by atoms with Crippen molar-refractivity contribution in [2.75, 3.05) is 76.2 Å². The number of piperidine rings is 1. The van der Waals surface area contributed by atoms with Crippen LogP contribution < -0.4 is 29.9 Å². The minimum atomic E-state index is -4.05. The van der Waals surface area contributed by atoms with E-state index in [1.165, 1.54) is 32.3 Å². The number of ether oxygens (including phenoxy) is 7. The number of aromatic nitrogens is 1. The summed E-state index contributed by atoms with van der Waals surface area (Å²) < 4.78 is 73.2. The highest BCUT2D eigenvalue weighted by Gasteiger charge is 2.39. The van der Waals surface area contributed by atoms with Crippen LogP contribution in [0.15, 0.2) is 155 Å². The number of nitrogens with zero attached hydrogens (tertiary/aromatic N) is 4. The smallest absolute Gasteiger partial charge is 0.416 e. The molecule has 20 heteroatoms. The number of rotatable bonds is 23. The Morgan fingerprint density at radius 1 is 0.633 bits per heavy atom. The van der Waals surface area contributed by atoms with Crippen LogP contribution in [0.25, 0.3) is 10.9 Å². The summed E-state index contributed by atoms with van der Waals surface area (Å²) in [6, 6.07) is 42.4. The second kappa shape index (κ2) is 28.5. The first-order chi connectivity index (χ1) is 42.8. The van der Waals surface area contributed by atoms with Crippen LogP contribution in [0.2, 0.25) is 0 Å². The van der Waals surface area contributed by atoms with Crippen molar-refractivity contribution in [3.63, 3.8) is 0 Å². The van der Waals surface area contributed by atoms with E-state index >= 15 is 0 Å². The number of nitrogens with one attached hydrogen (secondary N) is 1. The van der Waals surface area contributed by atoms with Crippen molar-refractivity contribution in [1.82, 2.24) is 13.8 Å². The molecular formula is C70H81N5O14S. The van der Waals surface area contributed by atoms with Gasteiger partial charge in [0.1, 0.15) is 55.5 Å². The van der Waals surface area contributed by atoms with Gasteiger partial charge in [0.15, 0.2) is 11.5 Å². The monoisotopic (exact) mass is 1250 g/mol. The fourth-order valence-electron chi connectivity index (χ4n) is 10.7. The van der Waals surface area contributed by atoms with Crippen LogP contribution in [0.3, 0.4) is 0 Å². The number of fused-ring (bicyclic) bond motifs is 2. The van der Waals surface area contributed by atoms with E-state index in [9.17, 15) is 32.4 Å². The maximum absolute atomic E-state index is 14.3. The van der Waals surface area contributed by atoms with Crippen molar-refractivity contribution in [1.29, 1.82) is 0 Å². The summed E-state index contributed by atoms with van der Waals surface area (Å²) in [4.78, 5) is 70.6. The summed E-state index contributed by atoms with van der Waals surface area (Å²) in [6.45, 7) is 18.5. The summed E-state index contributed by atoms with van der Waals surface area (Å²) >= 11 is 0. The Kier molecular flexibility index (Phi) is 20.9. The predicted molar refractivity (Wildman–Crippen MR) is 344 cm³/mol. The number of para-hydroxylation sites is 1. The van der Waals surface area contributed by atoms with Gasteiger partial charge < -0.3 is 47.9 Å². The van der Waals surface area contributed by atoms with Crippen LogP contribution >= 0.6 is 0 Å². The summed E-state index contributed by atoms with van der Waals surface area (Å²) in [5, 5.41) is 3.52. The predicted octanol–water partition coefficient (Wildman–Crippen LogP) is 11.7. The highest BCUT2D eigenvalue weighted by Crippen LogP contribution is 2.41. The molecule has 1 N–H and O–H groups in total. The van der Waals surface area contributed by atoms with E-state index in [0.717, 1.165) is 27.8 Å². The number of hydrogen-bond donors (Lipinski definition) is 1. The van der Waals surface area contributed by atoms with Gasteiger partial charge in [-0.1, -0.05) is 106 Å². The Balaban J connectivity index is 0.741. The van der Waals surface area contributed by atoms with Crippen molar-refractivity contribution in [3.05, 3.63) is 189 Å². The molecule has 0 unspecified atom stereocenters. The molecule has 0 saturated carbocycles. The highest BCUT2D eigenvalue weighted by atomic mass is 32.2. The number of benzene rings is 6. The molecule has 3 heterocycles. The third kappa shape index (κ3) is 17.0. The lowest BCUT2D eigenvalue weighted by molar-refractivity contribution is -0.155. The van der Waals surface area contributed by atoms with Gasteiger partial charge in [-0.25, -0.2) is 13.2 Å². The first-order valence-corrected chi connectivity index (χ1v) is 31.7. The van der Waals surface area contributed by atoms with Gasteiger partial charge in [0, 0.05) is 43.0 Å². The van der Waals surface area contributed by atoms with Crippen LogP contribution in [0, 0.1) is 0 Å². The van der Waals surface area contributed by atoms with Crippen LogP contribution in [-0.2, 0) is 52.3 Å². The molecule has 90 heavy (non-hydrogen) atoms. The molecule has 1 saturated heterocycles. The molecule has 6 aromatic carbocycles. The zero-order valence-corrected chi connectivity index (χ0v) is 53.6. The third-order valence-corrected chi connectivity index (χ3v) is 16.9. The Labute approximate surface area is 526 Å². The summed E-state index contributed by atoms with van der Waals surface area (Å²) in [7, 11) is -4.05. The Bertz CT molecular complexity index is 3850. The topological polar surface area (TPSA) is 211 Å². The summed E-state index contributed by atoms with van der Waals surface area (Å²) in [6.07, 6.45) is 1.97. The number of carbonyl (C=O) groups excluding carboxylic acids is 4. The lowest BCUT2D eigenvalue weighted by atomic mass is 9.85. The summed E-state index contributed by atoms with van der Waals surface area (Å²) in [5.41, 5.74) is 2.63. The molecule has 0 radical (unpaired) electrons. The molecular weight excluding hydrogens is 1170 g/mol. The van der Waals surface area contributed by atoms with Gasteiger partial charge in [-0.05, 0) is 137 Å². The van der Waals surface area contributed by atoms with E-state index in [1.54, 1.807) is 65.9 Å². The molecule has 1 fully saturated rings. The standard InChI is InChI=1S/C70H81N5O14S/c1-68(2,3)57-41-61(62(87-46-49-20-14-11-15-21-49)42-58(57)71-65(78)56-44-72(43-48-18-12-10-13-19-48)59-23-17-16-22-54(59)64(56)77)86-39-37-84-35-34-83-36-38-85-52-26-24-50(25-27-52)51-30-32-74(33-31-51)90(81,82)53-28-29-55-60(40-53)75(67(80)89-70(7,8)9)47-73(66(55)79)45-63(76)88-69(4,5)6/h10-29,40-42,44,51H,30-39,43,45-47H2,1-9H3,(H,71,78). The third-order valence-electron chi connectivity index (χ3n) is 15.0. The first kappa shape index (κ1) is 65.9. The van der Waals surface area contributed by atoms with E-state index in [1.807, 2.05) is 128 Å². The minimum absolute atomic E-state index is 0.0156. The van der Waals surface area contributed by atoms with E-state index in [2.05, 4.69) is 5.32 Å². The number of carbonyl (C=O) groups is 4.